The van der Waals surface area contributed by atoms with Crippen molar-refractivity contribution in [1.29, 1.82) is 0 Å². The molecule has 0 aliphatic carbocycles. The smallest absolute Gasteiger partial charge is 0.331 e. The predicted molar refractivity (Wildman–Crippen MR) is 123 cm³/mol. The Morgan fingerprint density at radius 1 is 1.06 bits per heavy atom. The van der Waals surface area contributed by atoms with Crippen molar-refractivity contribution in [3.63, 3.8) is 0 Å². The van der Waals surface area contributed by atoms with Crippen LogP contribution < -0.4 is 0 Å². The summed E-state index contributed by atoms with van der Waals surface area (Å²) in [6.45, 7) is 4.12. The Kier molecular flexibility index (Phi) is 7.71. The van der Waals surface area contributed by atoms with Gasteiger partial charge in [-0.1, -0.05) is 41.4 Å². The molecule has 0 spiro atoms. The highest BCUT2D eigenvalue weighted by molar-refractivity contribution is 7.89. The summed E-state index contributed by atoms with van der Waals surface area (Å²) in [5, 5.41) is 0.550. The number of aryl methyl sites for hydroxylation is 2. The molecular formula is C23H25ClN2O5S. The molecule has 2 aromatic carbocycles. The van der Waals surface area contributed by atoms with E-state index in [-0.39, 0.29) is 37.0 Å². The molecule has 0 atom stereocenters. The lowest BCUT2D eigenvalue weighted by Crippen LogP contribution is -2.51. The summed E-state index contributed by atoms with van der Waals surface area (Å²) in [4.78, 5) is 26.0. The van der Waals surface area contributed by atoms with Crippen LogP contribution in [0.2, 0.25) is 5.02 Å². The molecular weight excluding hydrogens is 452 g/mol. The zero-order valence-corrected chi connectivity index (χ0v) is 19.5. The van der Waals surface area contributed by atoms with Crippen LogP contribution in [0.1, 0.15) is 16.7 Å². The first kappa shape index (κ1) is 24.0. The molecule has 1 amide bonds. The van der Waals surface area contributed by atoms with Crippen molar-refractivity contribution in [2.24, 2.45) is 0 Å². The molecule has 1 heterocycles. The van der Waals surface area contributed by atoms with E-state index >= 15 is 0 Å². The molecule has 2 aromatic rings. The van der Waals surface area contributed by atoms with E-state index in [9.17, 15) is 18.0 Å². The van der Waals surface area contributed by atoms with E-state index in [0.29, 0.717) is 10.6 Å². The molecule has 0 bridgehead atoms. The van der Waals surface area contributed by atoms with Gasteiger partial charge in [0.15, 0.2) is 6.61 Å². The number of amides is 1. The van der Waals surface area contributed by atoms with Gasteiger partial charge in [-0.2, -0.15) is 4.31 Å². The third kappa shape index (κ3) is 5.97. The van der Waals surface area contributed by atoms with Crippen molar-refractivity contribution < 1.29 is 22.7 Å². The Morgan fingerprint density at radius 3 is 2.44 bits per heavy atom. The molecule has 9 heteroatoms. The molecule has 0 unspecified atom stereocenters. The second-order valence-corrected chi connectivity index (χ2v) is 9.89. The van der Waals surface area contributed by atoms with Crippen molar-refractivity contribution in [1.82, 2.24) is 9.21 Å². The molecule has 1 aliphatic rings. The highest BCUT2D eigenvalue weighted by Gasteiger charge is 2.31. The van der Waals surface area contributed by atoms with Crippen LogP contribution in [0.4, 0.5) is 0 Å². The van der Waals surface area contributed by atoms with E-state index in [1.54, 1.807) is 49.4 Å². The molecule has 0 aromatic heterocycles. The van der Waals surface area contributed by atoms with Crippen molar-refractivity contribution in [3.8, 4) is 0 Å². The summed E-state index contributed by atoms with van der Waals surface area (Å²) in [6, 6.07) is 12.2. The second kappa shape index (κ2) is 10.3. The Bertz CT molecular complexity index is 1140. The summed E-state index contributed by atoms with van der Waals surface area (Å²) in [5.74, 6) is -1.01. The summed E-state index contributed by atoms with van der Waals surface area (Å²) < 4.78 is 32.3. The van der Waals surface area contributed by atoms with Gasteiger partial charge in [0.05, 0.1) is 4.90 Å². The van der Waals surface area contributed by atoms with Gasteiger partial charge in [-0.15, -0.1) is 0 Å². The summed E-state index contributed by atoms with van der Waals surface area (Å²) in [6.07, 6.45) is 2.78. The number of rotatable bonds is 6. The van der Waals surface area contributed by atoms with Gasteiger partial charge in [0.2, 0.25) is 10.0 Å². The van der Waals surface area contributed by atoms with E-state index in [0.717, 1.165) is 11.1 Å². The molecule has 1 aliphatic heterocycles. The molecule has 32 heavy (non-hydrogen) atoms. The molecule has 0 N–H and O–H groups in total. The first-order valence-corrected chi connectivity index (χ1v) is 11.9. The predicted octanol–water partition coefficient (Wildman–Crippen LogP) is 3.05. The fraction of sp³-hybridized carbons (Fsp3) is 0.304. The van der Waals surface area contributed by atoms with Crippen LogP contribution in [0, 0.1) is 13.8 Å². The lowest BCUT2D eigenvalue weighted by atomic mass is 10.2. The molecule has 1 fully saturated rings. The van der Waals surface area contributed by atoms with Gasteiger partial charge in [0.1, 0.15) is 0 Å². The lowest BCUT2D eigenvalue weighted by molar-refractivity contribution is -0.148. The maximum atomic E-state index is 13.0. The summed E-state index contributed by atoms with van der Waals surface area (Å²) >= 11 is 5.89. The maximum absolute atomic E-state index is 13.0. The van der Waals surface area contributed by atoms with Crippen molar-refractivity contribution in [2.75, 3.05) is 32.8 Å². The molecule has 0 radical (unpaired) electrons. The molecule has 3 rings (SSSR count). The van der Waals surface area contributed by atoms with Crippen molar-refractivity contribution in [3.05, 3.63) is 70.3 Å². The number of carbonyl (C=O) groups excluding carboxylic acids is 2. The molecule has 1 saturated heterocycles. The van der Waals surface area contributed by atoms with Crippen LogP contribution in [-0.4, -0.2) is 62.3 Å². The highest BCUT2D eigenvalue weighted by Crippen LogP contribution is 2.22. The third-order valence-electron chi connectivity index (χ3n) is 5.14. The number of benzene rings is 2. The Labute approximate surface area is 193 Å². The van der Waals surface area contributed by atoms with Gasteiger partial charge in [-0.3, -0.25) is 4.79 Å². The van der Waals surface area contributed by atoms with Gasteiger partial charge >= 0.3 is 5.97 Å². The Balaban J connectivity index is 1.50. The van der Waals surface area contributed by atoms with Crippen LogP contribution >= 0.6 is 11.6 Å². The monoisotopic (exact) mass is 476 g/mol. The lowest BCUT2D eigenvalue weighted by Gasteiger charge is -2.34. The normalized spacial score (nSPS) is 15.2. The zero-order valence-electron chi connectivity index (χ0n) is 18.0. The minimum atomic E-state index is -3.63. The van der Waals surface area contributed by atoms with Gasteiger partial charge < -0.3 is 9.64 Å². The van der Waals surface area contributed by atoms with Crippen LogP contribution in [0.15, 0.2) is 53.4 Å². The first-order valence-electron chi connectivity index (χ1n) is 10.1. The zero-order chi connectivity index (χ0) is 23.3. The van der Waals surface area contributed by atoms with Gasteiger partial charge in [-0.25, -0.2) is 13.2 Å². The van der Waals surface area contributed by atoms with E-state index in [1.807, 2.05) is 13.0 Å². The molecule has 0 saturated carbocycles. The van der Waals surface area contributed by atoms with Crippen molar-refractivity contribution in [2.45, 2.75) is 18.7 Å². The SMILES string of the molecule is Cc1ccc(S(=O)(=O)N2CCN(C(=O)COC(=O)/C=C/c3cccc(Cl)c3)CC2)c(C)c1. The Hall–Kier alpha value is -2.68. The molecule has 170 valence electrons. The highest BCUT2D eigenvalue weighted by atomic mass is 35.5. The van der Waals surface area contributed by atoms with Crippen molar-refractivity contribution >= 4 is 39.6 Å². The summed E-state index contributed by atoms with van der Waals surface area (Å²) in [7, 11) is -3.63. The fourth-order valence-electron chi connectivity index (χ4n) is 3.45. The minimum absolute atomic E-state index is 0.185. The number of ether oxygens (including phenoxy) is 1. The number of nitrogens with zero attached hydrogens (tertiary/aromatic N) is 2. The number of esters is 1. The largest absolute Gasteiger partial charge is 0.452 e. The maximum Gasteiger partial charge on any atom is 0.331 e. The topological polar surface area (TPSA) is 84.0 Å². The van der Waals surface area contributed by atoms with E-state index in [4.69, 9.17) is 16.3 Å². The second-order valence-electron chi connectivity index (χ2n) is 7.55. The fourth-order valence-corrected chi connectivity index (χ4v) is 5.28. The number of halogens is 1. The number of hydrogen-bond donors (Lipinski definition) is 0. The quantitative estimate of drug-likeness (QED) is 0.472. The number of sulfonamides is 1. The average Bonchev–Trinajstić information content (AvgIpc) is 2.76. The van der Waals surface area contributed by atoms with Crippen LogP contribution in [0.3, 0.4) is 0 Å². The number of hydrogen-bond acceptors (Lipinski definition) is 5. The minimum Gasteiger partial charge on any atom is -0.452 e. The van der Waals surface area contributed by atoms with Crippen LogP contribution in [-0.2, 0) is 24.3 Å². The third-order valence-corrected chi connectivity index (χ3v) is 7.43. The number of carbonyl (C=O) groups is 2. The van der Waals surface area contributed by atoms with E-state index in [1.165, 1.54) is 15.3 Å². The van der Waals surface area contributed by atoms with Crippen LogP contribution in [0.25, 0.3) is 6.08 Å². The summed E-state index contributed by atoms with van der Waals surface area (Å²) in [5.41, 5.74) is 2.43. The van der Waals surface area contributed by atoms with Gasteiger partial charge in [0, 0.05) is 37.3 Å². The standard InChI is InChI=1S/C23H25ClN2O5S/c1-17-6-8-21(18(2)14-17)32(29,30)26-12-10-25(11-13-26)22(27)16-31-23(28)9-7-19-4-3-5-20(24)15-19/h3-9,14-15H,10-13,16H2,1-2H3/b9-7+. The first-order chi connectivity index (χ1) is 15.2. The molecule has 7 nitrogen and oxygen atoms in total. The number of piperazine rings is 1. The van der Waals surface area contributed by atoms with E-state index in [2.05, 4.69) is 0 Å². The van der Waals surface area contributed by atoms with Gasteiger partial charge in [0.25, 0.3) is 5.91 Å². The van der Waals surface area contributed by atoms with Crippen LogP contribution in [0.5, 0.6) is 0 Å². The van der Waals surface area contributed by atoms with E-state index < -0.39 is 22.6 Å². The van der Waals surface area contributed by atoms with Gasteiger partial charge in [-0.05, 0) is 49.2 Å². The Morgan fingerprint density at radius 2 is 1.78 bits per heavy atom. The average molecular weight is 477 g/mol.